The van der Waals surface area contributed by atoms with Crippen molar-refractivity contribution in [3.8, 4) is 0 Å². The fourth-order valence-corrected chi connectivity index (χ4v) is 2.95. The van der Waals surface area contributed by atoms with Crippen molar-refractivity contribution in [2.45, 2.75) is 6.92 Å². The molecular weight excluding hydrogens is 294 g/mol. The summed E-state index contributed by atoms with van der Waals surface area (Å²) in [6.07, 6.45) is 1.66. The third-order valence-corrected chi connectivity index (χ3v) is 4.24. The summed E-state index contributed by atoms with van der Waals surface area (Å²) in [4.78, 5) is 29.6. The highest BCUT2D eigenvalue weighted by molar-refractivity contribution is 6.32. The number of nitrogens with zero attached hydrogens (tertiary/aromatic N) is 3. The lowest BCUT2D eigenvalue weighted by molar-refractivity contribution is -0.112. The highest BCUT2D eigenvalue weighted by atomic mass is 16.6. The van der Waals surface area contributed by atoms with Crippen molar-refractivity contribution in [1.82, 2.24) is 9.80 Å². The number of ether oxygens (including phenoxy) is 1. The monoisotopic (exact) mass is 315 g/mol. The third kappa shape index (κ3) is 2.88. The number of fused-ring (bicyclic) bond motifs is 1. The first-order chi connectivity index (χ1) is 11.1. The lowest BCUT2D eigenvalue weighted by Crippen LogP contribution is -2.47. The smallest absolute Gasteiger partial charge is 0.409 e. The highest BCUT2D eigenvalue weighted by Gasteiger charge is 2.30. The minimum Gasteiger partial charge on any atom is -0.450 e. The molecule has 122 valence electrons. The van der Waals surface area contributed by atoms with E-state index in [9.17, 15) is 9.59 Å². The Morgan fingerprint density at radius 1 is 1.22 bits per heavy atom. The molecule has 1 aromatic carbocycles. The lowest BCUT2D eigenvalue weighted by atomic mass is 10.1. The number of piperazine rings is 1. The molecular formula is C17H21N3O3. The van der Waals surface area contributed by atoms with Gasteiger partial charge in [0.15, 0.2) is 0 Å². The maximum Gasteiger partial charge on any atom is 0.409 e. The SMILES string of the molecule is CCOC(=O)N1CCN(/C=C2\C(=O)N(C)c3ccccc32)CC1. The molecule has 2 aliphatic heterocycles. The van der Waals surface area contributed by atoms with Gasteiger partial charge in [-0.25, -0.2) is 4.79 Å². The summed E-state index contributed by atoms with van der Waals surface area (Å²) < 4.78 is 5.02. The van der Waals surface area contributed by atoms with Crippen LogP contribution in [0.15, 0.2) is 30.5 Å². The Balaban J connectivity index is 1.72. The van der Waals surface area contributed by atoms with Crippen molar-refractivity contribution in [3.63, 3.8) is 0 Å². The Bertz CT molecular complexity index is 648. The first-order valence-electron chi connectivity index (χ1n) is 7.87. The van der Waals surface area contributed by atoms with E-state index in [0.29, 0.717) is 38.4 Å². The molecule has 0 aliphatic carbocycles. The number of rotatable bonds is 2. The molecule has 0 atom stereocenters. The maximum atomic E-state index is 12.4. The lowest BCUT2D eigenvalue weighted by Gasteiger charge is -2.33. The molecule has 0 saturated carbocycles. The quantitative estimate of drug-likeness (QED) is 0.781. The average Bonchev–Trinajstić information content (AvgIpc) is 2.81. The largest absolute Gasteiger partial charge is 0.450 e. The molecule has 2 amide bonds. The molecule has 0 aromatic heterocycles. The van der Waals surface area contributed by atoms with Crippen LogP contribution in [-0.4, -0.2) is 61.6 Å². The minimum atomic E-state index is -0.262. The van der Waals surface area contributed by atoms with E-state index in [-0.39, 0.29) is 12.0 Å². The predicted molar refractivity (Wildman–Crippen MR) is 88.0 cm³/mol. The van der Waals surface area contributed by atoms with E-state index in [4.69, 9.17) is 4.74 Å². The predicted octanol–water partition coefficient (Wildman–Crippen LogP) is 1.78. The minimum absolute atomic E-state index is 0.0130. The van der Waals surface area contributed by atoms with Crippen LogP contribution in [-0.2, 0) is 9.53 Å². The summed E-state index contributed by atoms with van der Waals surface area (Å²) in [6, 6.07) is 7.80. The Kier molecular flexibility index (Phi) is 4.23. The summed E-state index contributed by atoms with van der Waals surface area (Å²) in [6.45, 7) is 4.80. The normalized spacial score (nSPS) is 19.3. The molecule has 1 aromatic rings. The molecule has 3 rings (SSSR count). The van der Waals surface area contributed by atoms with Gasteiger partial charge in [0.25, 0.3) is 5.91 Å². The van der Waals surface area contributed by atoms with Gasteiger partial charge in [0.05, 0.1) is 17.9 Å². The van der Waals surface area contributed by atoms with E-state index in [1.165, 1.54) is 0 Å². The number of hydrogen-bond donors (Lipinski definition) is 0. The number of amides is 2. The second kappa shape index (κ2) is 6.32. The van der Waals surface area contributed by atoms with Gasteiger partial charge in [-0.05, 0) is 13.0 Å². The van der Waals surface area contributed by atoms with Crippen molar-refractivity contribution in [1.29, 1.82) is 0 Å². The molecule has 23 heavy (non-hydrogen) atoms. The number of likely N-dealkylation sites (N-methyl/N-ethyl adjacent to an activating group) is 1. The van der Waals surface area contributed by atoms with Crippen LogP contribution >= 0.6 is 0 Å². The van der Waals surface area contributed by atoms with Gasteiger partial charge in [0.1, 0.15) is 0 Å². The van der Waals surface area contributed by atoms with E-state index in [0.717, 1.165) is 11.3 Å². The van der Waals surface area contributed by atoms with Crippen LogP contribution in [0.5, 0.6) is 0 Å². The van der Waals surface area contributed by atoms with Crippen LogP contribution in [0.2, 0.25) is 0 Å². The first-order valence-corrected chi connectivity index (χ1v) is 7.87. The molecule has 0 unspecified atom stereocenters. The van der Waals surface area contributed by atoms with Gasteiger partial charge in [0, 0.05) is 45.0 Å². The number of carbonyl (C=O) groups is 2. The molecule has 0 spiro atoms. The van der Waals surface area contributed by atoms with Crippen LogP contribution in [0.1, 0.15) is 12.5 Å². The van der Waals surface area contributed by atoms with Crippen molar-refractivity contribution in [2.24, 2.45) is 0 Å². The third-order valence-electron chi connectivity index (χ3n) is 4.24. The van der Waals surface area contributed by atoms with Gasteiger partial charge >= 0.3 is 6.09 Å². The van der Waals surface area contributed by atoms with Crippen LogP contribution in [0, 0.1) is 0 Å². The van der Waals surface area contributed by atoms with Gasteiger partial charge in [-0.3, -0.25) is 4.79 Å². The second-order valence-corrected chi connectivity index (χ2v) is 5.65. The fourth-order valence-electron chi connectivity index (χ4n) is 2.95. The second-order valence-electron chi connectivity index (χ2n) is 5.65. The van der Waals surface area contributed by atoms with Gasteiger partial charge in [-0.1, -0.05) is 18.2 Å². The van der Waals surface area contributed by atoms with Crippen molar-refractivity contribution in [3.05, 3.63) is 36.0 Å². The zero-order valence-corrected chi connectivity index (χ0v) is 13.5. The van der Waals surface area contributed by atoms with Crippen LogP contribution < -0.4 is 4.90 Å². The number of carbonyl (C=O) groups excluding carboxylic acids is 2. The van der Waals surface area contributed by atoms with Gasteiger partial charge in [-0.2, -0.15) is 0 Å². The Morgan fingerprint density at radius 2 is 1.91 bits per heavy atom. The maximum absolute atomic E-state index is 12.4. The molecule has 6 nitrogen and oxygen atoms in total. The van der Waals surface area contributed by atoms with Crippen molar-refractivity contribution < 1.29 is 14.3 Å². The summed E-state index contributed by atoms with van der Waals surface area (Å²) in [7, 11) is 1.79. The standard InChI is InChI=1S/C17H21N3O3/c1-3-23-17(22)20-10-8-19(9-11-20)12-14-13-6-4-5-7-15(13)18(2)16(14)21/h4-7,12H,3,8-11H2,1-2H3/b14-12-. The Labute approximate surface area is 135 Å². The van der Waals surface area contributed by atoms with E-state index < -0.39 is 0 Å². The Morgan fingerprint density at radius 3 is 2.61 bits per heavy atom. The van der Waals surface area contributed by atoms with E-state index >= 15 is 0 Å². The number of hydrogen-bond acceptors (Lipinski definition) is 4. The molecule has 2 heterocycles. The highest BCUT2D eigenvalue weighted by Crippen LogP contribution is 2.35. The van der Waals surface area contributed by atoms with Crippen LogP contribution in [0.4, 0.5) is 10.5 Å². The van der Waals surface area contributed by atoms with Crippen molar-refractivity contribution >= 4 is 23.3 Å². The van der Waals surface area contributed by atoms with E-state index in [1.54, 1.807) is 23.8 Å². The van der Waals surface area contributed by atoms with Crippen LogP contribution in [0.25, 0.3) is 5.57 Å². The van der Waals surface area contributed by atoms with Gasteiger partial charge < -0.3 is 19.4 Å². The van der Waals surface area contributed by atoms with Crippen molar-refractivity contribution in [2.75, 3.05) is 44.7 Å². The topological polar surface area (TPSA) is 53.1 Å². The zero-order chi connectivity index (χ0) is 16.4. The molecule has 2 aliphatic rings. The van der Waals surface area contributed by atoms with Crippen LogP contribution in [0.3, 0.4) is 0 Å². The number of benzene rings is 1. The molecule has 1 saturated heterocycles. The molecule has 0 bridgehead atoms. The Hall–Kier alpha value is -2.50. The zero-order valence-electron chi connectivity index (χ0n) is 13.5. The summed E-state index contributed by atoms with van der Waals surface area (Å²) in [5, 5.41) is 0. The van der Waals surface area contributed by atoms with E-state index in [2.05, 4.69) is 4.90 Å². The van der Waals surface area contributed by atoms with E-state index in [1.807, 2.05) is 30.5 Å². The number of para-hydroxylation sites is 1. The number of anilines is 1. The summed E-state index contributed by atoms with van der Waals surface area (Å²) in [5.74, 6) is 0.0130. The van der Waals surface area contributed by atoms with Gasteiger partial charge in [0.2, 0.25) is 0 Å². The summed E-state index contributed by atoms with van der Waals surface area (Å²) >= 11 is 0. The molecule has 6 heteroatoms. The fraction of sp³-hybridized carbons (Fsp3) is 0.412. The average molecular weight is 315 g/mol. The molecule has 0 N–H and O–H groups in total. The molecule has 1 fully saturated rings. The molecule has 0 radical (unpaired) electrons. The first kappa shape index (κ1) is 15.4. The summed E-state index contributed by atoms with van der Waals surface area (Å²) in [5.41, 5.74) is 2.62. The van der Waals surface area contributed by atoms with Gasteiger partial charge in [-0.15, -0.1) is 0 Å².